The van der Waals surface area contributed by atoms with E-state index in [4.69, 9.17) is 9.47 Å². The molecule has 0 amide bonds. The van der Waals surface area contributed by atoms with Gasteiger partial charge in [0.05, 0.1) is 7.11 Å². The summed E-state index contributed by atoms with van der Waals surface area (Å²) in [5.74, 6) is 1.78. The molecule has 2 aromatic carbocycles. The van der Waals surface area contributed by atoms with E-state index in [2.05, 4.69) is 46.2 Å². The fourth-order valence-corrected chi connectivity index (χ4v) is 4.66. The summed E-state index contributed by atoms with van der Waals surface area (Å²) in [6, 6.07) is 17.1. The van der Waals surface area contributed by atoms with E-state index in [1.165, 1.54) is 11.1 Å². The highest BCUT2D eigenvalue weighted by Gasteiger charge is 2.27. The smallest absolute Gasteiger partial charge is 0.127 e. The molecule has 0 aliphatic carbocycles. The molecule has 0 bridgehead atoms. The Kier molecular flexibility index (Phi) is 7.62. The molecule has 31 heavy (non-hydrogen) atoms. The third-order valence-electron chi connectivity index (χ3n) is 6.32. The molecule has 2 heterocycles. The molecule has 0 spiro atoms. The van der Waals surface area contributed by atoms with E-state index in [-0.39, 0.29) is 6.61 Å². The average molecular weight is 423 g/mol. The summed E-state index contributed by atoms with van der Waals surface area (Å²) in [7, 11) is 1.69. The first-order chi connectivity index (χ1) is 15.2. The Labute approximate surface area is 185 Å². The lowest BCUT2D eigenvalue weighted by Crippen LogP contribution is -2.54. The average Bonchev–Trinajstić information content (AvgIpc) is 2.81. The number of aryl methyl sites for hydroxylation is 1. The van der Waals surface area contributed by atoms with Gasteiger partial charge in [-0.1, -0.05) is 30.3 Å². The van der Waals surface area contributed by atoms with Crippen molar-refractivity contribution in [2.24, 2.45) is 0 Å². The van der Waals surface area contributed by atoms with Crippen molar-refractivity contribution in [1.29, 1.82) is 0 Å². The second-order valence-corrected chi connectivity index (χ2v) is 8.52. The second-order valence-electron chi connectivity index (χ2n) is 8.52. The highest BCUT2D eigenvalue weighted by Crippen LogP contribution is 2.30. The van der Waals surface area contributed by atoms with Crippen LogP contribution in [0, 0.1) is 0 Å². The highest BCUT2D eigenvalue weighted by atomic mass is 16.5. The van der Waals surface area contributed by atoms with Crippen LogP contribution in [0.25, 0.3) is 6.08 Å². The van der Waals surface area contributed by atoms with Gasteiger partial charge in [0.1, 0.15) is 18.1 Å². The molecule has 1 N–H and O–H groups in total. The first kappa shape index (κ1) is 21.9. The summed E-state index contributed by atoms with van der Waals surface area (Å²) in [5, 5.41) is 9.62. The summed E-state index contributed by atoms with van der Waals surface area (Å²) >= 11 is 0. The molecule has 1 atom stereocenters. The van der Waals surface area contributed by atoms with Crippen LogP contribution >= 0.6 is 0 Å². The number of benzene rings is 2. The standard InChI is InChI=1S/C26H34N2O3/c1-30-25-9-10-26-23(17-25)16-22(20-31-26)18-27-13-14-28(24(19-27)11-15-29)12-5-8-21-6-3-2-4-7-21/h2-4,6-7,9-10,16-17,24,29H,5,8,11-15,18-20H2,1H3. The van der Waals surface area contributed by atoms with Gasteiger partial charge in [0.15, 0.2) is 0 Å². The van der Waals surface area contributed by atoms with E-state index in [9.17, 15) is 5.11 Å². The van der Waals surface area contributed by atoms with Crippen LogP contribution < -0.4 is 9.47 Å². The number of piperazine rings is 1. The number of methoxy groups -OCH3 is 1. The van der Waals surface area contributed by atoms with Crippen molar-refractivity contribution in [3.8, 4) is 11.5 Å². The molecule has 5 heteroatoms. The van der Waals surface area contributed by atoms with Gasteiger partial charge < -0.3 is 14.6 Å². The molecule has 166 valence electrons. The molecule has 1 saturated heterocycles. The third kappa shape index (κ3) is 5.88. The zero-order valence-electron chi connectivity index (χ0n) is 18.5. The highest BCUT2D eigenvalue weighted by molar-refractivity contribution is 5.64. The Morgan fingerprint density at radius 1 is 1.13 bits per heavy atom. The molecular weight excluding hydrogens is 388 g/mol. The first-order valence-electron chi connectivity index (χ1n) is 11.4. The van der Waals surface area contributed by atoms with E-state index < -0.39 is 0 Å². The van der Waals surface area contributed by atoms with Crippen LogP contribution in [0.3, 0.4) is 0 Å². The van der Waals surface area contributed by atoms with Crippen LogP contribution in [-0.2, 0) is 6.42 Å². The molecule has 1 unspecified atom stereocenters. The van der Waals surface area contributed by atoms with Gasteiger partial charge in [-0.25, -0.2) is 0 Å². The minimum Gasteiger partial charge on any atom is -0.497 e. The van der Waals surface area contributed by atoms with Gasteiger partial charge in [0.25, 0.3) is 0 Å². The van der Waals surface area contributed by atoms with Gasteiger partial charge in [0, 0.05) is 44.4 Å². The lowest BCUT2D eigenvalue weighted by atomic mass is 10.0. The molecule has 0 radical (unpaired) electrons. The molecule has 1 fully saturated rings. The van der Waals surface area contributed by atoms with Crippen molar-refractivity contribution in [2.45, 2.75) is 25.3 Å². The monoisotopic (exact) mass is 422 g/mol. The molecule has 5 nitrogen and oxygen atoms in total. The van der Waals surface area contributed by atoms with Crippen LogP contribution in [0.4, 0.5) is 0 Å². The number of hydrogen-bond acceptors (Lipinski definition) is 5. The fraction of sp³-hybridized carbons (Fsp3) is 0.462. The SMILES string of the molecule is COc1ccc2c(c1)C=C(CN1CCN(CCCc3ccccc3)C(CCO)C1)CO2. The van der Waals surface area contributed by atoms with Crippen molar-refractivity contribution < 1.29 is 14.6 Å². The van der Waals surface area contributed by atoms with Crippen LogP contribution in [0.5, 0.6) is 11.5 Å². The van der Waals surface area contributed by atoms with Gasteiger partial charge in [-0.3, -0.25) is 9.80 Å². The molecule has 0 saturated carbocycles. The Morgan fingerprint density at radius 2 is 2.00 bits per heavy atom. The lowest BCUT2D eigenvalue weighted by molar-refractivity contribution is 0.0622. The molecule has 2 aromatic rings. The maximum Gasteiger partial charge on any atom is 0.127 e. The Hall–Kier alpha value is -2.34. The van der Waals surface area contributed by atoms with Crippen molar-refractivity contribution >= 4 is 6.08 Å². The van der Waals surface area contributed by atoms with Gasteiger partial charge in [0.2, 0.25) is 0 Å². The molecule has 2 aliphatic rings. The van der Waals surface area contributed by atoms with Gasteiger partial charge in [-0.2, -0.15) is 0 Å². The Balaban J connectivity index is 1.32. The lowest BCUT2D eigenvalue weighted by Gasteiger charge is -2.42. The molecular formula is C26H34N2O3. The topological polar surface area (TPSA) is 45.2 Å². The van der Waals surface area contributed by atoms with E-state index in [1.807, 2.05) is 18.2 Å². The predicted octanol–water partition coefficient (Wildman–Crippen LogP) is 3.47. The number of fused-ring (bicyclic) bond motifs is 1. The zero-order chi connectivity index (χ0) is 21.5. The summed E-state index contributed by atoms with van der Waals surface area (Å²) < 4.78 is 11.3. The van der Waals surface area contributed by atoms with Crippen LogP contribution in [0.1, 0.15) is 24.0 Å². The van der Waals surface area contributed by atoms with Gasteiger partial charge in [-0.05, 0) is 61.2 Å². The number of aliphatic hydroxyl groups excluding tert-OH is 1. The van der Waals surface area contributed by atoms with Crippen molar-refractivity contribution in [3.63, 3.8) is 0 Å². The summed E-state index contributed by atoms with van der Waals surface area (Å²) in [6.07, 6.45) is 5.34. The quantitative estimate of drug-likeness (QED) is 0.670. The fourth-order valence-electron chi connectivity index (χ4n) is 4.66. The van der Waals surface area contributed by atoms with Crippen LogP contribution in [0.15, 0.2) is 54.1 Å². The van der Waals surface area contributed by atoms with Crippen LogP contribution in [-0.4, -0.2) is 74.0 Å². The number of ether oxygens (including phenoxy) is 2. The van der Waals surface area contributed by atoms with Crippen molar-refractivity contribution in [2.75, 3.05) is 53.0 Å². The number of hydrogen-bond donors (Lipinski definition) is 1. The Morgan fingerprint density at radius 3 is 2.81 bits per heavy atom. The summed E-state index contributed by atoms with van der Waals surface area (Å²) in [5.41, 5.74) is 3.79. The van der Waals surface area contributed by atoms with Crippen LogP contribution in [0.2, 0.25) is 0 Å². The molecule has 4 rings (SSSR count). The number of rotatable bonds is 9. The van der Waals surface area contributed by atoms with E-state index >= 15 is 0 Å². The molecule has 2 aliphatic heterocycles. The zero-order valence-corrected chi connectivity index (χ0v) is 18.5. The maximum absolute atomic E-state index is 9.62. The molecule has 0 aromatic heterocycles. The van der Waals surface area contributed by atoms with Crippen molar-refractivity contribution in [3.05, 3.63) is 65.2 Å². The number of aliphatic hydroxyl groups is 1. The predicted molar refractivity (Wildman–Crippen MR) is 125 cm³/mol. The normalized spacial score (nSPS) is 19.4. The van der Waals surface area contributed by atoms with Gasteiger partial charge in [-0.15, -0.1) is 0 Å². The minimum atomic E-state index is 0.243. The summed E-state index contributed by atoms with van der Waals surface area (Å²) in [6.45, 7) is 5.98. The van der Waals surface area contributed by atoms with E-state index in [1.54, 1.807) is 7.11 Å². The van der Waals surface area contributed by atoms with E-state index in [0.29, 0.717) is 12.6 Å². The second kappa shape index (κ2) is 10.8. The largest absolute Gasteiger partial charge is 0.497 e. The van der Waals surface area contributed by atoms with Gasteiger partial charge >= 0.3 is 0 Å². The van der Waals surface area contributed by atoms with Crippen molar-refractivity contribution in [1.82, 2.24) is 9.80 Å². The first-order valence-corrected chi connectivity index (χ1v) is 11.4. The van der Waals surface area contributed by atoms with E-state index in [0.717, 1.165) is 69.0 Å². The minimum absolute atomic E-state index is 0.243. The maximum atomic E-state index is 9.62. The number of nitrogens with zero attached hydrogens (tertiary/aromatic N) is 2. The summed E-state index contributed by atoms with van der Waals surface area (Å²) in [4.78, 5) is 5.08. The third-order valence-corrected chi connectivity index (χ3v) is 6.32. The Bertz CT molecular complexity index is 868.